The molecule has 2 aromatic carbocycles. The summed E-state index contributed by atoms with van der Waals surface area (Å²) in [6, 6.07) is 13.6. The van der Waals surface area contributed by atoms with E-state index in [-0.39, 0.29) is 11.8 Å². The molecule has 0 saturated heterocycles. The third-order valence-electron chi connectivity index (χ3n) is 3.93. The van der Waals surface area contributed by atoms with Crippen LogP contribution < -0.4 is 15.8 Å². The van der Waals surface area contributed by atoms with E-state index in [4.69, 9.17) is 10.5 Å². The van der Waals surface area contributed by atoms with E-state index in [9.17, 15) is 4.79 Å². The summed E-state index contributed by atoms with van der Waals surface area (Å²) < 4.78 is 5.32. The maximum absolute atomic E-state index is 12.4. The standard InChI is InChI=1S/C17H18N2O2/c1-21-16-8-11(10-18)6-7-15(16)19-17(20)14-9-12-4-2-3-5-13(12)14/h2-8,14H,9-10,18H2,1H3,(H,19,20). The van der Waals surface area contributed by atoms with Gasteiger partial charge in [-0.05, 0) is 35.2 Å². The van der Waals surface area contributed by atoms with E-state index in [1.54, 1.807) is 7.11 Å². The Morgan fingerprint density at radius 1 is 1.33 bits per heavy atom. The Kier molecular flexibility index (Phi) is 3.62. The lowest BCUT2D eigenvalue weighted by atomic mass is 9.77. The Labute approximate surface area is 123 Å². The summed E-state index contributed by atoms with van der Waals surface area (Å²) in [7, 11) is 1.59. The molecule has 1 amide bonds. The van der Waals surface area contributed by atoms with Crippen LogP contribution in [0.15, 0.2) is 42.5 Å². The topological polar surface area (TPSA) is 64.3 Å². The number of carbonyl (C=O) groups is 1. The zero-order chi connectivity index (χ0) is 14.8. The van der Waals surface area contributed by atoms with Crippen molar-refractivity contribution in [1.29, 1.82) is 0 Å². The minimum Gasteiger partial charge on any atom is -0.495 e. The molecule has 3 N–H and O–H groups in total. The van der Waals surface area contributed by atoms with Gasteiger partial charge >= 0.3 is 0 Å². The number of hydrogen-bond acceptors (Lipinski definition) is 3. The smallest absolute Gasteiger partial charge is 0.232 e. The number of anilines is 1. The third kappa shape index (κ3) is 2.50. The van der Waals surface area contributed by atoms with Crippen LogP contribution in [-0.4, -0.2) is 13.0 Å². The van der Waals surface area contributed by atoms with E-state index in [1.807, 2.05) is 36.4 Å². The summed E-state index contributed by atoms with van der Waals surface area (Å²) in [5.74, 6) is 0.575. The highest BCUT2D eigenvalue weighted by Crippen LogP contribution is 2.36. The van der Waals surface area contributed by atoms with Gasteiger partial charge in [-0.25, -0.2) is 0 Å². The first-order valence-corrected chi connectivity index (χ1v) is 6.98. The predicted octanol–water partition coefficient (Wildman–Crippen LogP) is 2.43. The highest BCUT2D eigenvalue weighted by molar-refractivity contribution is 5.98. The molecular formula is C17H18N2O2. The summed E-state index contributed by atoms with van der Waals surface area (Å²) in [6.07, 6.45) is 0.797. The largest absolute Gasteiger partial charge is 0.495 e. The molecule has 1 aliphatic rings. The lowest BCUT2D eigenvalue weighted by Crippen LogP contribution is -2.30. The first kappa shape index (κ1) is 13.6. The Hall–Kier alpha value is -2.33. The molecule has 0 saturated carbocycles. The van der Waals surface area contributed by atoms with E-state index in [0.29, 0.717) is 18.0 Å². The molecule has 0 aliphatic heterocycles. The molecule has 0 radical (unpaired) electrons. The van der Waals surface area contributed by atoms with Gasteiger partial charge in [0, 0.05) is 6.54 Å². The highest BCUT2D eigenvalue weighted by atomic mass is 16.5. The van der Waals surface area contributed by atoms with Crippen molar-refractivity contribution in [1.82, 2.24) is 0 Å². The fourth-order valence-electron chi connectivity index (χ4n) is 2.68. The SMILES string of the molecule is COc1cc(CN)ccc1NC(=O)C1Cc2ccccc21. The first-order chi connectivity index (χ1) is 10.2. The van der Waals surface area contributed by atoms with E-state index in [0.717, 1.165) is 17.5 Å². The molecule has 1 aliphatic carbocycles. The molecule has 0 bridgehead atoms. The van der Waals surface area contributed by atoms with E-state index >= 15 is 0 Å². The molecule has 0 fully saturated rings. The fraction of sp³-hybridized carbons (Fsp3) is 0.235. The van der Waals surface area contributed by atoms with Crippen LogP contribution in [0.2, 0.25) is 0 Å². The number of nitrogens with two attached hydrogens (primary N) is 1. The fourth-order valence-corrected chi connectivity index (χ4v) is 2.68. The van der Waals surface area contributed by atoms with E-state index in [1.165, 1.54) is 5.56 Å². The predicted molar refractivity (Wildman–Crippen MR) is 82.4 cm³/mol. The second-order valence-electron chi connectivity index (χ2n) is 5.18. The van der Waals surface area contributed by atoms with Gasteiger partial charge in [0.1, 0.15) is 5.75 Å². The molecule has 0 spiro atoms. The second kappa shape index (κ2) is 5.58. The maximum Gasteiger partial charge on any atom is 0.232 e. The lowest BCUT2D eigenvalue weighted by molar-refractivity contribution is -0.118. The molecule has 3 rings (SSSR count). The number of carbonyl (C=O) groups excluding carboxylic acids is 1. The molecule has 4 heteroatoms. The Bertz CT molecular complexity index is 682. The Balaban J connectivity index is 1.77. The number of rotatable bonds is 4. The molecule has 4 nitrogen and oxygen atoms in total. The van der Waals surface area contributed by atoms with Gasteiger partial charge in [-0.1, -0.05) is 30.3 Å². The normalized spacial score (nSPS) is 15.8. The van der Waals surface area contributed by atoms with Crippen LogP contribution in [-0.2, 0) is 17.8 Å². The van der Waals surface area contributed by atoms with Gasteiger partial charge in [0.05, 0.1) is 18.7 Å². The van der Waals surface area contributed by atoms with E-state index < -0.39 is 0 Å². The minimum atomic E-state index is -0.0694. The van der Waals surface area contributed by atoms with Gasteiger partial charge in [0.2, 0.25) is 5.91 Å². The number of fused-ring (bicyclic) bond motifs is 1. The average Bonchev–Trinajstić information content (AvgIpc) is 2.49. The third-order valence-corrected chi connectivity index (χ3v) is 3.93. The van der Waals surface area contributed by atoms with Gasteiger partial charge in [-0.3, -0.25) is 4.79 Å². The van der Waals surface area contributed by atoms with Crippen LogP contribution in [0.3, 0.4) is 0 Å². The molecule has 0 heterocycles. The Morgan fingerprint density at radius 3 is 2.86 bits per heavy atom. The summed E-state index contributed by atoms with van der Waals surface area (Å²) >= 11 is 0. The minimum absolute atomic E-state index is 0.00694. The molecular weight excluding hydrogens is 264 g/mol. The van der Waals surface area contributed by atoms with Gasteiger partial charge in [-0.2, -0.15) is 0 Å². The van der Waals surface area contributed by atoms with Crippen molar-refractivity contribution in [3.8, 4) is 5.75 Å². The van der Waals surface area contributed by atoms with Gasteiger partial charge in [-0.15, -0.1) is 0 Å². The second-order valence-corrected chi connectivity index (χ2v) is 5.18. The van der Waals surface area contributed by atoms with Crippen molar-refractivity contribution in [3.05, 3.63) is 59.2 Å². The molecule has 1 atom stereocenters. The van der Waals surface area contributed by atoms with Crippen LogP contribution in [0.1, 0.15) is 22.6 Å². The maximum atomic E-state index is 12.4. The summed E-state index contributed by atoms with van der Waals surface area (Å²) in [5, 5.41) is 2.95. The van der Waals surface area contributed by atoms with Gasteiger partial charge in [0.25, 0.3) is 0 Å². The number of benzene rings is 2. The van der Waals surface area contributed by atoms with Crippen LogP contribution >= 0.6 is 0 Å². The number of hydrogen-bond donors (Lipinski definition) is 2. The quantitative estimate of drug-likeness (QED) is 0.905. The van der Waals surface area contributed by atoms with Gasteiger partial charge in [0.15, 0.2) is 0 Å². The van der Waals surface area contributed by atoms with Crippen LogP contribution in [0, 0.1) is 0 Å². The van der Waals surface area contributed by atoms with Crippen molar-refractivity contribution in [2.45, 2.75) is 18.9 Å². The molecule has 108 valence electrons. The number of amides is 1. The van der Waals surface area contributed by atoms with Crippen molar-refractivity contribution in [3.63, 3.8) is 0 Å². The van der Waals surface area contributed by atoms with Crippen LogP contribution in [0.25, 0.3) is 0 Å². The summed E-state index contributed by atoms with van der Waals surface area (Å²) in [5.41, 5.74) is 9.64. The number of nitrogens with one attached hydrogen (secondary N) is 1. The van der Waals surface area contributed by atoms with Crippen molar-refractivity contribution >= 4 is 11.6 Å². The van der Waals surface area contributed by atoms with Gasteiger partial charge < -0.3 is 15.8 Å². The van der Waals surface area contributed by atoms with E-state index in [2.05, 4.69) is 11.4 Å². The van der Waals surface area contributed by atoms with Crippen molar-refractivity contribution in [2.24, 2.45) is 5.73 Å². The van der Waals surface area contributed by atoms with Crippen LogP contribution in [0.5, 0.6) is 5.75 Å². The number of ether oxygens (including phenoxy) is 1. The van der Waals surface area contributed by atoms with Crippen molar-refractivity contribution < 1.29 is 9.53 Å². The first-order valence-electron chi connectivity index (χ1n) is 6.98. The highest BCUT2D eigenvalue weighted by Gasteiger charge is 2.31. The lowest BCUT2D eigenvalue weighted by Gasteiger charge is -2.29. The number of methoxy groups -OCH3 is 1. The monoisotopic (exact) mass is 282 g/mol. The average molecular weight is 282 g/mol. The molecule has 1 unspecified atom stereocenters. The molecule has 21 heavy (non-hydrogen) atoms. The van der Waals surface area contributed by atoms with Crippen molar-refractivity contribution in [2.75, 3.05) is 12.4 Å². The zero-order valence-electron chi connectivity index (χ0n) is 11.9. The summed E-state index contributed by atoms with van der Waals surface area (Å²) in [4.78, 5) is 12.4. The molecule has 0 aromatic heterocycles. The Morgan fingerprint density at radius 2 is 2.14 bits per heavy atom. The zero-order valence-corrected chi connectivity index (χ0v) is 11.9. The summed E-state index contributed by atoms with van der Waals surface area (Å²) in [6.45, 7) is 0.445. The van der Waals surface area contributed by atoms with Crippen LogP contribution in [0.4, 0.5) is 5.69 Å². The molecule has 2 aromatic rings.